The van der Waals surface area contributed by atoms with Gasteiger partial charge in [0.2, 0.25) is 0 Å². The van der Waals surface area contributed by atoms with Crippen molar-refractivity contribution in [1.82, 2.24) is 19.4 Å². The van der Waals surface area contributed by atoms with E-state index in [0.29, 0.717) is 24.6 Å². The highest BCUT2D eigenvalue weighted by Gasteiger charge is 2.65. The van der Waals surface area contributed by atoms with E-state index in [1.165, 1.54) is 0 Å². The van der Waals surface area contributed by atoms with E-state index in [1.54, 1.807) is 11.1 Å². The lowest BCUT2D eigenvalue weighted by molar-refractivity contribution is -0.0636. The molecular weight excluding hydrogens is 468 g/mol. The molecular formula is C29H44N4O4. The smallest absolute Gasteiger partial charge is 0.412 e. The highest BCUT2D eigenvalue weighted by molar-refractivity contribution is 5.95. The van der Waals surface area contributed by atoms with E-state index in [4.69, 9.17) is 9.47 Å². The number of aromatic nitrogens is 3. The summed E-state index contributed by atoms with van der Waals surface area (Å²) in [6, 6.07) is 1.96. The molecule has 2 fully saturated rings. The van der Waals surface area contributed by atoms with E-state index in [-0.39, 0.29) is 34.7 Å². The van der Waals surface area contributed by atoms with Crippen LogP contribution in [0.15, 0.2) is 12.3 Å². The molecule has 8 heteroatoms. The Morgan fingerprint density at radius 2 is 1.78 bits per heavy atom. The molecule has 1 amide bonds. The van der Waals surface area contributed by atoms with Gasteiger partial charge in [0.05, 0.1) is 18.8 Å². The summed E-state index contributed by atoms with van der Waals surface area (Å²) in [5.74, 6) is 0.523. The van der Waals surface area contributed by atoms with Gasteiger partial charge >= 0.3 is 6.09 Å². The first kappa shape index (κ1) is 27.6. The van der Waals surface area contributed by atoms with Gasteiger partial charge in [0, 0.05) is 24.6 Å². The van der Waals surface area contributed by atoms with Crippen LogP contribution in [0.5, 0.6) is 0 Å². The lowest BCUT2D eigenvalue weighted by atomic mass is 9.92. The number of hydrogen-bond donors (Lipinski definition) is 0. The van der Waals surface area contributed by atoms with Gasteiger partial charge in [0.15, 0.2) is 11.4 Å². The molecule has 0 N–H and O–H groups in total. The van der Waals surface area contributed by atoms with E-state index < -0.39 is 11.3 Å². The average Bonchev–Trinajstić information content (AvgIpc) is 2.99. The minimum atomic E-state index is -0.738. The first-order chi connectivity index (χ1) is 16.8. The largest absolute Gasteiger partial charge is 0.444 e. The van der Waals surface area contributed by atoms with Gasteiger partial charge in [-0.3, -0.25) is 14.7 Å². The molecule has 2 aromatic heterocycles. The van der Waals surface area contributed by atoms with Crippen molar-refractivity contribution in [2.24, 2.45) is 24.3 Å². The third kappa shape index (κ3) is 5.14. The fourth-order valence-corrected chi connectivity index (χ4v) is 6.21. The molecule has 4 rings (SSSR count). The zero-order valence-electron chi connectivity index (χ0n) is 24.4. The number of ether oxygens (including phenoxy) is 2. The summed E-state index contributed by atoms with van der Waals surface area (Å²) in [6.07, 6.45) is 2.38. The van der Waals surface area contributed by atoms with Crippen LogP contribution in [0.3, 0.4) is 0 Å². The molecule has 0 radical (unpaired) electrons. The van der Waals surface area contributed by atoms with E-state index in [1.807, 2.05) is 46.2 Å². The van der Waals surface area contributed by atoms with E-state index in [2.05, 4.69) is 50.7 Å². The Labute approximate surface area is 221 Å². The van der Waals surface area contributed by atoms with E-state index in [0.717, 1.165) is 23.3 Å². The molecule has 1 aliphatic heterocycles. The van der Waals surface area contributed by atoms with Gasteiger partial charge < -0.3 is 14.0 Å². The number of rotatable bonds is 5. The third-order valence-electron chi connectivity index (χ3n) is 8.13. The lowest BCUT2D eigenvalue weighted by Crippen LogP contribution is -2.51. The van der Waals surface area contributed by atoms with Crippen molar-refractivity contribution >= 4 is 23.0 Å². The summed E-state index contributed by atoms with van der Waals surface area (Å²) in [7, 11) is 1.98. The van der Waals surface area contributed by atoms with Crippen molar-refractivity contribution in [3.8, 4) is 0 Å². The summed E-state index contributed by atoms with van der Waals surface area (Å²) in [5, 5.41) is 0. The monoisotopic (exact) mass is 512 g/mol. The second-order valence-corrected chi connectivity index (χ2v) is 13.9. The number of carbonyl (C=O) groups excluding carboxylic acids is 2. The maximum atomic E-state index is 13.2. The minimum Gasteiger partial charge on any atom is -0.444 e. The fourth-order valence-electron chi connectivity index (χ4n) is 6.21. The second kappa shape index (κ2) is 8.79. The van der Waals surface area contributed by atoms with E-state index in [9.17, 15) is 9.59 Å². The van der Waals surface area contributed by atoms with Crippen LogP contribution in [0.2, 0.25) is 0 Å². The van der Waals surface area contributed by atoms with Crippen molar-refractivity contribution < 1.29 is 19.1 Å². The number of amides is 1. The number of nitrogens with zero attached hydrogens (tertiary/aromatic N) is 4. The highest BCUT2D eigenvalue weighted by Crippen LogP contribution is 2.64. The first-order valence-corrected chi connectivity index (χ1v) is 13.4. The molecule has 0 aromatic carbocycles. The Morgan fingerprint density at radius 3 is 2.38 bits per heavy atom. The molecule has 3 atom stereocenters. The van der Waals surface area contributed by atoms with Crippen LogP contribution in [0.1, 0.15) is 98.3 Å². The van der Waals surface area contributed by atoms with Crippen molar-refractivity contribution in [3.63, 3.8) is 0 Å². The molecule has 2 aromatic rings. The zero-order valence-corrected chi connectivity index (χ0v) is 24.4. The molecule has 37 heavy (non-hydrogen) atoms. The number of fused-ring (bicyclic) bond motifs is 1. The molecule has 204 valence electrons. The molecule has 2 aliphatic rings. The van der Waals surface area contributed by atoms with Crippen LogP contribution >= 0.6 is 0 Å². The Hall–Kier alpha value is -2.48. The van der Waals surface area contributed by atoms with E-state index >= 15 is 0 Å². The number of hydrogen-bond acceptors (Lipinski definition) is 6. The van der Waals surface area contributed by atoms with Gasteiger partial charge in [0.25, 0.3) is 0 Å². The fraction of sp³-hybridized carbons (Fsp3) is 0.724. The normalized spacial score (nSPS) is 24.9. The second-order valence-electron chi connectivity index (χ2n) is 13.9. The Kier molecular flexibility index (Phi) is 6.54. The topological polar surface area (TPSA) is 86.6 Å². The molecule has 3 heterocycles. The SMILES string of the molecule is Cn1c(C(C)(C)C)cc2ncc(C(=O)CC[C@@H]3[C@H]([C@@H]4COC(C)(C)N4C(=O)OC(C)(C)C)C3(C)C)nc21. The summed E-state index contributed by atoms with van der Waals surface area (Å²) in [5.41, 5.74) is 1.70. The minimum absolute atomic E-state index is 0.00126. The van der Waals surface area contributed by atoms with Crippen molar-refractivity contribution in [2.75, 3.05) is 6.61 Å². The van der Waals surface area contributed by atoms with Crippen molar-refractivity contribution in [1.29, 1.82) is 0 Å². The van der Waals surface area contributed by atoms with Crippen LogP contribution in [0, 0.1) is 17.3 Å². The summed E-state index contributed by atoms with van der Waals surface area (Å²) < 4.78 is 13.8. The van der Waals surface area contributed by atoms with Gasteiger partial charge in [0.1, 0.15) is 22.5 Å². The quantitative estimate of drug-likeness (QED) is 0.466. The number of Topliss-reactive ketones (excluding diaryl/α,β-unsaturated/α-hetero) is 1. The molecule has 1 saturated carbocycles. The maximum absolute atomic E-state index is 13.2. The van der Waals surface area contributed by atoms with Crippen molar-refractivity contribution in [2.45, 2.75) is 105 Å². The Bertz CT molecular complexity index is 1210. The maximum Gasteiger partial charge on any atom is 0.412 e. The van der Waals surface area contributed by atoms with Crippen LogP contribution < -0.4 is 0 Å². The number of ketones is 1. The lowest BCUT2D eigenvalue weighted by Gasteiger charge is -2.35. The van der Waals surface area contributed by atoms with Crippen molar-refractivity contribution in [3.05, 3.63) is 23.7 Å². The van der Waals surface area contributed by atoms with Gasteiger partial charge in [-0.2, -0.15) is 0 Å². The zero-order chi connectivity index (χ0) is 27.7. The third-order valence-corrected chi connectivity index (χ3v) is 8.13. The summed E-state index contributed by atoms with van der Waals surface area (Å²) in [4.78, 5) is 37.3. The molecule has 0 bridgehead atoms. The molecule has 1 aliphatic carbocycles. The summed E-state index contributed by atoms with van der Waals surface area (Å²) >= 11 is 0. The summed E-state index contributed by atoms with van der Waals surface area (Å²) in [6.45, 7) is 20.8. The van der Waals surface area contributed by atoms with Gasteiger partial charge in [-0.15, -0.1) is 0 Å². The Morgan fingerprint density at radius 1 is 1.14 bits per heavy atom. The molecule has 1 saturated heterocycles. The number of aryl methyl sites for hydroxylation is 1. The van der Waals surface area contributed by atoms with Crippen LogP contribution in [0.25, 0.3) is 11.2 Å². The molecule has 0 unspecified atom stereocenters. The predicted octanol–water partition coefficient (Wildman–Crippen LogP) is 5.87. The van der Waals surface area contributed by atoms with Gasteiger partial charge in [-0.05, 0) is 64.4 Å². The van der Waals surface area contributed by atoms with Crippen LogP contribution in [-0.4, -0.2) is 55.3 Å². The predicted molar refractivity (Wildman–Crippen MR) is 143 cm³/mol. The Balaban J connectivity index is 1.47. The average molecular weight is 513 g/mol. The first-order valence-electron chi connectivity index (χ1n) is 13.4. The molecule has 8 nitrogen and oxygen atoms in total. The standard InChI is InChI=1S/C29H44N4O4/c1-26(2,3)22-14-18-24(32(22)11)31-19(15-30-18)21(34)13-12-17-23(28(17,7)8)20-16-36-29(9,10)33(20)25(35)37-27(4,5)6/h14-15,17,20,23H,12-13,16H2,1-11H3/t17-,20+,23-/m1/s1. The molecule has 0 spiro atoms. The van der Waals surface area contributed by atoms with Gasteiger partial charge in [-0.25, -0.2) is 9.78 Å². The van der Waals surface area contributed by atoms with Crippen LogP contribution in [-0.2, 0) is 21.9 Å². The highest BCUT2D eigenvalue weighted by atomic mass is 16.6. The van der Waals surface area contributed by atoms with Gasteiger partial charge in [-0.1, -0.05) is 34.6 Å². The number of carbonyl (C=O) groups is 2. The van der Waals surface area contributed by atoms with Crippen LogP contribution in [0.4, 0.5) is 4.79 Å².